The molecule has 0 bridgehead atoms. The Balaban J connectivity index is 2.59. The first-order chi connectivity index (χ1) is 8.86. The number of carbonyl (C=O) groups excluding carboxylic acids is 1. The number of carbonyl (C=O) groups is 1. The van der Waals surface area contributed by atoms with Gasteiger partial charge in [-0.2, -0.15) is 0 Å². The van der Waals surface area contributed by atoms with Gasteiger partial charge in [-0.1, -0.05) is 26.2 Å². The Bertz CT molecular complexity index is 534. The van der Waals surface area contributed by atoms with Crippen molar-refractivity contribution in [2.45, 2.75) is 44.4 Å². The minimum Gasteiger partial charge on any atom is -0.455 e. The monoisotopic (exact) mass is 288 g/mol. The van der Waals surface area contributed by atoms with Crippen molar-refractivity contribution in [2.24, 2.45) is 5.14 Å². The normalized spacial score (nSPS) is 11.5. The molecule has 0 saturated heterocycles. The van der Waals surface area contributed by atoms with Crippen LogP contribution in [-0.4, -0.2) is 20.9 Å². The van der Waals surface area contributed by atoms with Gasteiger partial charge in [0.15, 0.2) is 5.76 Å². The summed E-state index contributed by atoms with van der Waals surface area (Å²) in [6.45, 7) is 4.11. The van der Waals surface area contributed by atoms with Gasteiger partial charge in [0.05, 0.1) is 0 Å². The third kappa shape index (κ3) is 4.68. The van der Waals surface area contributed by atoms with Crippen molar-refractivity contribution in [3.8, 4) is 0 Å². The third-order valence-corrected chi connectivity index (χ3v) is 3.74. The van der Waals surface area contributed by atoms with E-state index in [1.165, 1.54) is 6.92 Å². The van der Waals surface area contributed by atoms with Gasteiger partial charge in [0.1, 0.15) is 10.7 Å². The van der Waals surface area contributed by atoms with Crippen molar-refractivity contribution < 1.29 is 17.6 Å². The average Bonchev–Trinajstić information content (AvgIpc) is 2.70. The first-order valence-electron chi connectivity index (χ1n) is 6.27. The highest BCUT2D eigenvalue weighted by molar-refractivity contribution is 7.89. The van der Waals surface area contributed by atoms with E-state index in [1.807, 2.05) is 0 Å². The van der Waals surface area contributed by atoms with Crippen LogP contribution in [0.4, 0.5) is 0 Å². The van der Waals surface area contributed by atoms with Gasteiger partial charge in [-0.3, -0.25) is 4.79 Å². The summed E-state index contributed by atoms with van der Waals surface area (Å²) in [5.74, 6) is -0.329. The molecule has 0 aliphatic rings. The summed E-state index contributed by atoms with van der Waals surface area (Å²) < 4.78 is 27.5. The largest absolute Gasteiger partial charge is 0.455 e. The van der Waals surface area contributed by atoms with Gasteiger partial charge >= 0.3 is 0 Å². The summed E-state index contributed by atoms with van der Waals surface area (Å²) >= 11 is 0. The molecule has 0 aromatic carbocycles. The lowest BCUT2D eigenvalue weighted by molar-refractivity contribution is 0.0924. The summed E-state index contributed by atoms with van der Waals surface area (Å²) in [5, 5.41) is 7.69. The first kappa shape index (κ1) is 15.7. The van der Waals surface area contributed by atoms with Crippen LogP contribution in [0.15, 0.2) is 15.4 Å². The molecule has 3 N–H and O–H groups in total. The van der Waals surface area contributed by atoms with E-state index >= 15 is 0 Å². The molecule has 0 radical (unpaired) electrons. The number of furan rings is 1. The number of rotatable bonds is 7. The molecule has 0 aliphatic heterocycles. The molecule has 1 aromatic rings. The van der Waals surface area contributed by atoms with Crippen LogP contribution < -0.4 is 10.5 Å². The Kier molecular flexibility index (Phi) is 5.56. The Morgan fingerprint density at radius 3 is 2.58 bits per heavy atom. The van der Waals surface area contributed by atoms with Crippen LogP contribution in [0.3, 0.4) is 0 Å². The van der Waals surface area contributed by atoms with Crippen LogP contribution in [0.5, 0.6) is 0 Å². The van der Waals surface area contributed by atoms with Gasteiger partial charge < -0.3 is 9.73 Å². The number of nitrogens with two attached hydrogens (primary N) is 1. The minimum atomic E-state index is -3.85. The summed E-state index contributed by atoms with van der Waals surface area (Å²) in [7, 11) is -3.85. The molecule has 0 saturated carbocycles. The van der Waals surface area contributed by atoms with E-state index in [1.54, 1.807) is 0 Å². The first-order valence-corrected chi connectivity index (χ1v) is 7.82. The third-order valence-electron chi connectivity index (χ3n) is 2.72. The molecule has 6 nitrogen and oxygen atoms in total. The van der Waals surface area contributed by atoms with E-state index < -0.39 is 15.9 Å². The quantitative estimate of drug-likeness (QED) is 0.743. The SMILES string of the molecule is CCCCCCNC(=O)c1cc(S(N)(=O)=O)c(C)o1. The van der Waals surface area contributed by atoms with E-state index in [0.717, 1.165) is 31.7 Å². The van der Waals surface area contributed by atoms with Gasteiger partial charge in [-0.15, -0.1) is 0 Å². The lowest BCUT2D eigenvalue weighted by Gasteiger charge is -2.02. The molecule has 1 aromatic heterocycles. The number of hydrogen-bond acceptors (Lipinski definition) is 4. The van der Waals surface area contributed by atoms with Crippen LogP contribution in [0.2, 0.25) is 0 Å². The zero-order valence-electron chi connectivity index (χ0n) is 11.2. The van der Waals surface area contributed by atoms with Gasteiger partial charge in [0.2, 0.25) is 10.0 Å². The number of sulfonamides is 1. The van der Waals surface area contributed by atoms with Gasteiger partial charge in [-0.05, 0) is 13.3 Å². The molecule has 108 valence electrons. The molecule has 7 heteroatoms. The van der Waals surface area contributed by atoms with Gasteiger partial charge in [-0.25, -0.2) is 13.6 Å². The molecular weight excluding hydrogens is 268 g/mol. The van der Waals surface area contributed by atoms with Crippen molar-refractivity contribution in [3.63, 3.8) is 0 Å². The Morgan fingerprint density at radius 2 is 2.05 bits per heavy atom. The maximum Gasteiger partial charge on any atom is 0.287 e. The predicted octanol–water partition coefficient (Wildman–Crippen LogP) is 1.55. The molecule has 0 atom stereocenters. The lowest BCUT2D eigenvalue weighted by atomic mass is 10.2. The molecule has 1 rings (SSSR count). The maximum atomic E-state index is 11.7. The number of unbranched alkanes of at least 4 members (excludes halogenated alkanes) is 3. The highest BCUT2D eigenvalue weighted by atomic mass is 32.2. The highest BCUT2D eigenvalue weighted by Crippen LogP contribution is 2.18. The van der Waals surface area contributed by atoms with E-state index in [0.29, 0.717) is 6.54 Å². The molecule has 0 unspecified atom stereocenters. The van der Waals surface area contributed by atoms with Gasteiger partial charge in [0.25, 0.3) is 5.91 Å². The van der Waals surface area contributed by atoms with Crippen LogP contribution >= 0.6 is 0 Å². The lowest BCUT2D eigenvalue weighted by Crippen LogP contribution is -2.24. The zero-order chi connectivity index (χ0) is 14.5. The second kappa shape index (κ2) is 6.72. The van der Waals surface area contributed by atoms with Gasteiger partial charge in [0, 0.05) is 12.6 Å². The van der Waals surface area contributed by atoms with Crippen molar-refractivity contribution in [1.29, 1.82) is 0 Å². The van der Waals surface area contributed by atoms with Crippen molar-refractivity contribution in [3.05, 3.63) is 17.6 Å². The molecule has 19 heavy (non-hydrogen) atoms. The second-order valence-corrected chi connectivity index (χ2v) is 5.92. The van der Waals surface area contributed by atoms with Crippen molar-refractivity contribution in [2.75, 3.05) is 6.54 Å². The number of hydrogen-bond donors (Lipinski definition) is 2. The number of nitrogens with one attached hydrogen (secondary N) is 1. The van der Waals surface area contributed by atoms with Crippen LogP contribution in [0.1, 0.15) is 48.9 Å². The summed E-state index contributed by atoms with van der Waals surface area (Å²) in [6, 6.07) is 1.16. The molecule has 0 spiro atoms. The zero-order valence-corrected chi connectivity index (χ0v) is 12.0. The topological polar surface area (TPSA) is 102 Å². The Labute approximate surface area is 113 Å². The average molecular weight is 288 g/mol. The standard InChI is InChI=1S/C12H20N2O4S/c1-3-4-5-6-7-14-12(15)10-8-11(9(2)18-10)19(13,16)17/h8H,3-7H2,1-2H3,(H,14,15)(H2,13,16,17). The summed E-state index contributed by atoms with van der Waals surface area (Å²) in [6.07, 6.45) is 4.20. The fourth-order valence-electron chi connectivity index (χ4n) is 1.70. The molecule has 0 fully saturated rings. The molecule has 1 heterocycles. The summed E-state index contributed by atoms with van der Waals surface area (Å²) in [5.41, 5.74) is 0. The molecule has 0 aliphatic carbocycles. The fourth-order valence-corrected chi connectivity index (χ4v) is 2.41. The van der Waals surface area contributed by atoms with Crippen LogP contribution in [0.25, 0.3) is 0 Å². The van der Waals surface area contributed by atoms with Crippen molar-refractivity contribution in [1.82, 2.24) is 5.32 Å². The minimum absolute atomic E-state index is 0.0305. The number of aryl methyl sites for hydroxylation is 1. The number of amides is 1. The number of primary sulfonamides is 1. The second-order valence-electron chi connectivity index (χ2n) is 4.39. The van der Waals surface area contributed by atoms with E-state index in [-0.39, 0.29) is 16.4 Å². The smallest absolute Gasteiger partial charge is 0.287 e. The maximum absolute atomic E-state index is 11.7. The summed E-state index contributed by atoms with van der Waals surface area (Å²) in [4.78, 5) is 11.6. The Hall–Kier alpha value is -1.34. The highest BCUT2D eigenvalue weighted by Gasteiger charge is 2.20. The van der Waals surface area contributed by atoms with E-state index in [2.05, 4.69) is 12.2 Å². The fraction of sp³-hybridized carbons (Fsp3) is 0.583. The van der Waals surface area contributed by atoms with Crippen molar-refractivity contribution >= 4 is 15.9 Å². The van der Waals surface area contributed by atoms with E-state index in [9.17, 15) is 13.2 Å². The van der Waals surface area contributed by atoms with E-state index in [4.69, 9.17) is 9.56 Å². The predicted molar refractivity (Wildman–Crippen MR) is 71.3 cm³/mol. The molecular formula is C12H20N2O4S. The van der Waals surface area contributed by atoms with Crippen LogP contribution in [-0.2, 0) is 10.0 Å². The van der Waals surface area contributed by atoms with Crippen LogP contribution in [0, 0.1) is 6.92 Å². The molecule has 1 amide bonds. The Morgan fingerprint density at radius 1 is 1.37 bits per heavy atom.